The molecule has 13 heteroatoms. The van der Waals surface area contributed by atoms with Crippen LogP contribution in [0.25, 0.3) is 5.78 Å². The number of anilines is 2. The van der Waals surface area contributed by atoms with E-state index in [2.05, 4.69) is 25.2 Å². The van der Waals surface area contributed by atoms with Gasteiger partial charge in [-0.15, -0.1) is 0 Å². The number of fused-ring (bicyclic) bond motifs is 1. The summed E-state index contributed by atoms with van der Waals surface area (Å²) in [4.78, 5) is 13.7. The van der Waals surface area contributed by atoms with Gasteiger partial charge in [0.25, 0.3) is 5.78 Å². The molecule has 0 saturated carbocycles. The van der Waals surface area contributed by atoms with Crippen LogP contribution in [0.1, 0.15) is 44.2 Å². The predicted molar refractivity (Wildman–Crippen MR) is 151 cm³/mol. The van der Waals surface area contributed by atoms with Crippen LogP contribution in [0.15, 0.2) is 30.6 Å². The third-order valence-corrected chi connectivity index (χ3v) is 9.11. The number of hydrogen-bond acceptors (Lipinski definition) is 8. The number of nitrogens with zero attached hydrogens (tertiary/aromatic N) is 6. The molecular formula is C25H34Cl2N8O2S. The highest BCUT2D eigenvalue weighted by molar-refractivity contribution is 7.89. The molecule has 0 spiro atoms. The van der Waals surface area contributed by atoms with Gasteiger partial charge in [-0.2, -0.15) is 19.6 Å². The highest BCUT2D eigenvalue weighted by atomic mass is 35.5. The predicted octanol–water partition coefficient (Wildman–Crippen LogP) is 3.82. The Labute approximate surface area is 233 Å². The molecule has 10 nitrogen and oxygen atoms in total. The number of sulfonamides is 1. The van der Waals surface area contributed by atoms with E-state index in [0.717, 1.165) is 62.6 Å². The Balaban J connectivity index is 1.25. The summed E-state index contributed by atoms with van der Waals surface area (Å²) in [5, 5.41) is 14.3. The van der Waals surface area contributed by atoms with E-state index in [1.807, 2.05) is 25.1 Å². The van der Waals surface area contributed by atoms with E-state index in [1.54, 1.807) is 10.6 Å². The second-order valence-electron chi connectivity index (χ2n) is 10.4. The van der Waals surface area contributed by atoms with Gasteiger partial charge in [0.15, 0.2) is 0 Å². The summed E-state index contributed by atoms with van der Waals surface area (Å²) >= 11 is 12.5. The van der Waals surface area contributed by atoms with Crippen molar-refractivity contribution in [1.29, 1.82) is 0 Å². The van der Waals surface area contributed by atoms with Gasteiger partial charge in [-0.1, -0.05) is 29.3 Å². The molecule has 5 rings (SSSR count). The number of hydrogen-bond donors (Lipinski definition) is 2. The fourth-order valence-electron chi connectivity index (χ4n) is 5.75. The molecule has 2 fully saturated rings. The zero-order chi connectivity index (χ0) is 26.9. The van der Waals surface area contributed by atoms with Gasteiger partial charge in [0, 0.05) is 42.3 Å². The summed E-state index contributed by atoms with van der Waals surface area (Å²) < 4.78 is 24.5. The van der Waals surface area contributed by atoms with Gasteiger partial charge in [0.2, 0.25) is 10.0 Å². The summed E-state index contributed by atoms with van der Waals surface area (Å²) in [6.45, 7) is 6.28. The minimum atomic E-state index is -3.43. The summed E-state index contributed by atoms with van der Waals surface area (Å²) in [7, 11) is -3.43. The van der Waals surface area contributed by atoms with E-state index in [-0.39, 0.29) is 11.8 Å². The maximum absolute atomic E-state index is 11.4. The molecule has 2 atom stereocenters. The Kier molecular flexibility index (Phi) is 8.30. The zero-order valence-corrected chi connectivity index (χ0v) is 23.8. The number of nitrogens with one attached hydrogen (secondary N) is 1. The smallest absolute Gasteiger partial charge is 0.256 e. The van der Waals surface area contributed by atoms with Gasteiger partial charge in [-0.25, -0.2) is 13.6 Å². The molecule has 2 aliphatic rings. The van der Waals surface area contributed by atoms with Crippen LogP contribution in [0.3, 0.4) is 0 Å². The molecule has 2 saturated heterocycles. The third kappa shape index (κ3) is 6.51. The Hall–Kier alpha value is -2.18. The lowest BCUT2D eigenvalue weighted by Crippen LogP contribution is -2.44. The lowest BCUT2D eigenvalue weighted by molar-refractivity contribution is 0.127. The summed E-state index contributed by atoms with van der Waals surface area (Å²) in [6, 6.07) is 7.44. The normalized spacial score (nSPS) is 20.6. The maximum atomic E-state index is 11.4. The molecule has 3 aromatic rings. The van der Waals surface area contributed by atoms with E-state index in [9.17, 15) is 8.42 Å². The van der Waals surface area contributed by atoms with E-state index in [0.29, 0.717) is 34.2 Å². The first-order chi connectivity index (χ1) is 18.2. The van der Waals surface area contributed by atoms with Crippen LogP contribution in [0.4, 0.5) is 11.6 Å². The topological polar surface area (TPSA) is 122 Å². The van der Waals surface area contributed by atoms with Crippen molar-refractivity contribution in [3.8, 4) is 0 Å². The molecule has 38 heavy (non-hydrogen) atoms. The van der Waals surface area contributed by atoms with E-state index in [4.69, 9.17) is 33.3 Å². The van der Waals surface area contributed by atoms with E-state index in [1.165, 1.54) is 12.7 Å². The highest BCUT2D eigenvalue weighted by Crippen LogP contribution is 2.34. The van der Waals surface area contributed by atoms with Gasteiger partial charge in [-0.05, 0) is 68.7 Å². The number of benzene rings is 1. The average molecular weight is 582 g/mol. The minimum Gasteiger partial charge on any atom is -0.363 e. The fraction of sp³-hybridized carbons (Fsp3) is 0.560. The fourth-order valence-corrected chi connectivity index (χ4v) is 6.84. The zero-order valence-electron chi connectivity index (χ0n) is 21.4. The monoisotopic (exact) mass is 580 g/mol. The summed E-state index contributed by atoms with van der Waals surface area (Å²) in [6.07, 6.45) is 5.96. The molecule has 2 aliphatic heterocycles. The molecule has 206 valence electrons. The minimum absolute atomic E-state index is 0.0220. The van der Waals surface area contributed by atoms with Crippen molar-refractivity contribution >= 4 is 50.6 Å². The second kappa shape index (κ2) is 11.5. The summed E-state index contributed by atoms with van der Waals surface area (Å²) in [5.41, 5.74) is 0.939. The maximum Gasteiger partial charge on any atom is 0.256 e. The summed E-state index contributed by atoms with van der Waals surface area (Å²) in [5.74, 6) is 3.43. The lowest BCUT2D eigenvalue weighted by atomic mass is 9.79. The number of likely N-dealkylation sites (tertiary alicyclic amines) is 1. The van der Waals surface area contributed by atoms with Gasteiger partial charge in [-0.3, -0.25) is 0 Å². The first-order valence-electron chi connectivity index (χ1n) is 13.1. The van der Waals surface area contributed by atoms with Crippen molar-refractivity contribution in [1.82, 2.24) is 24.5 Å². The van der Waals surface area contributed by atoms with Crippen molar-refractivity contribution in [2.75, 3.05) is 48.7 Å². The Morgan fingerprint density at radius 3 is 2.66 bits per heavy atom. The standard InChI is InChI=1S/C25H34Cl2N8O2S/c1-17(21-5-4-20(26)13-22(21)27)31-24-14-23(32-25-29-16-30-35(24)25)34-9-6-18(7-10-34)19-3-2-8-33(15-19)11-12-38(28,36)37/h4-5,13-14,16-19,31H,2-3,6-12,15H2,1H3,(H2,28,36,37)/t17-,19+/m1/s1. The SMILES string of the molecule is C[C@@H](Nc1cc(N2CCC([C@H]3CCCN(CCS(N)(=O)=O)C3)CC2)nc2ncnn12)c1ccc(Cl)cc1Cl. The number of primary sulfonamides is 1. The van der Waals surface area contributed by atoms with E-state index >= 15 is 0 Å². The number of aromatic nitrogens is 4. The number of nitrogens with two attached hydrogens (primary N) is 1. The van der Waals surface area contributed by atoms with E-state index < -0.39 is 10.0 Å². The number of rotatable bonds is 8. The van der Waals surface area contributed by atoms with Crippen molar-refractivity contribution in [2.45, 2.75) is 38.6 Å². The Bertz CT molecular complexity index is 1380. The molecule has 0 unspecified atom stereocenters. The molecule has 0 radical (unpaired) electrons. The Morgan fingerprint density at radius 2 is 1.92 bits per heavy atom. The van der Waals surface area contributed by atoms with Crippen LogP contribution in [-0.4, -0.2) is 71.4 Å². The molecule has 0 aliphatic carbocycles. The molecule has 2 aromatic heterocycles. The van der Waals surface area contributed by atoms with Crippen LogP contribution in [-0.2, 0) is 10.0 Å². The number of piperidine rings is 2. The van der Waals surface area contributed by atoms with Crippen LogP contribution in [0, 0.1) is 11.8 Å². The Morgan fingerprint density at radius 1 is 1.13 bits per heavy atom. The average Bonchev–Trinajstić information content (AvgIpc) is 3.36. The molecule has 3 N–H and O–H groups in total. The molecular weight excluding hydrogens is 547 g/mol. The van der Waals surface area contributed by atoms with Crippen molar-refractivity contribution in [3.05, 3.63) is 46.2 Å². The van der Waals surface area contributed by atoms with Crippen molar-refractivity contribution in [3.63, 3.8) is 0 Å². The van der Waals surface area contributed by atoms with Crippen molar-refractivity contribution < 1.29 is 8.42 Å². The first-order valence-corrected chi connectivity index (χ1v) is 15.5. The van der Waals surface area contributed by atoms with Crippen molar-refractivity contribution in [2.24, 2.45) is 17.0 Å². The van der Waals surface area contributed by atoms with Gasteiger partial charge in [0.1, 0.15) is 18.0 Å². The van der Waals surface area contributed by atoms with Crippen LogP contribution < -0.4 is 15.4 Å². The molecule has 0 bridgehead atoms. The second-order valence-corrected chi connectivity index (χ2v) is 13.0. The first kappa shape index (κ1) is 27.4. The molecule has 1 aromatic carbocycles. The molecule has 0 amide bonds. The van der Waals surface area contributed by atoms with Crippen LogP contribution in [0.2, 0.25) is 10.0 Å². The van der Waals surface area contributed by atoms with Gasteiger partial charge >= 0.3 is 0 Å². The highest BCUT2D eigenvalue weighted by Gasteiger charge is 2.31. The molecule has 4 heterocycles. The quantitative estimate of drug-likeness (QED) is 0.412. The largest absolute Gasteiger partial charge is 0.363 e. The van der Waals surface area contributed by atoms with Gasteiger partial charge < -0.3 is 15.1 Å². The number of halogens is 2. The van der Waals surface area contributed by atoms with Gasteiger partial charge in [0.05, 0.1) is 11.8 Å². The lowest BCUT2D eigenvalue weighted by Gasteiger charge is -2.41. The third-order valence-electron chi connectivity index (χ3n) is 7.80. The van der Waals surface area contributed by atoms with Crippen LogP contribution in [0.5, 0.6) is 0 Å². The van der Waals surface area contributed by atoms with Crippen LogP contribution >= 0.6 is 23.2 Å².